The molecule has 3 aliphatic heterocycles. The second-order valence-corrected chi connectivity index (χ2v) is 13.9. The Labute approximate surface area is 152 Å². The molecule has 0 spiro atoms. The number of hydrogen-bond acceptors (Lipinski definition) is 4. The van der Waals surface area contributed by atoms with E-state index in [0.29, 0.717) is 5.92 Å². The quantitative estimate of drug-likeness (QED) is 0.555. The van der Waals surface area contributed by atoms with E-state index in [0.717, 1.165) is 12.8 Å². The molecule has 0 aromatic heterocycles. The van der Waals surface area contributed by atoms with Gasteiger partial charge >= 0.3 is 0 Å². The lowest BCUT2D eigenvalue weighted by molar-refractivity contribution is -0.157. The van der Waals surface area contributed by atoms with Crippen LogP contribution in [0, 0.1) is 11.8 Å². The van der Waals surface area contributed by atoms with Gasteiger partial charge in [0.1, 0.15) is 6.10 Å². The monoisotopic (exact) mass is 364 g/mol. The minimum atomic E-state index is -1.96. The van der Waals surface area contributed by atoms with Crippen LogP contribution in [0.3, 0.4) is 0 Å². The van der Waals surface area contributed by atoms with Crippen LogP contribution in [-0.2, 0) is 18.7 Å². The number of ether oxygens (including phenoxy) is 2. The first kappa shape index (κ1) is 19.0. The van der Waals surface area contributed by atoms with E-state index in [1.165, 1.54) is 0 Å². The third kappa shape index (κ3) is 3.70. The van der Waals surface area contributed by atoms with Crippen molar-refractivity contribution in [2.24, 2.45) is 11.8 Å². The third-order valence-corrected chi connectivity index (χ3v) is 10.9. The summed E-state index contributed by atoms with van der Waals surface area (Å²) in [5, 5.41) is 0.101. The van der Waals surface area contributed by atoms with Crippen molar-refractivity contribution in [2.45, 2.75) is 83.3 Å². The van der Waals surface area contributed by atoms with Gasteiger partial charge in [-0.25, -0.2) is 0 Å². The van der Waals surface area contributed by atoms with Crippen molar-refractivity contribution in [2.75, 3.05) is 0 Å². The number of ketones is 1. The third-order valence-electron chi connectivity index (χ3n) is 6.42. The highest BCUT2D eigenvalue weighted by atomic mass is 28.4. The molecule has 0 amide bonds. The van der Waals surface area contributed by atoms with Gasteiger partial charge in [-0.1, -0.05) is 39.8 Å². The highest BCUT2D eigenvalue weighted by molar-refractivity contribution is 6.74. The van der Waals surface area contributed by atoms with E-state index < -0.39 is 20.7 Å². The first-order valence-corrected chi connectivity index (χ1v) is 12.4. The van der Waals surface area contributed by atoms with E-state index in [1.807, 2.05) is 0 Å². The SMILES string of the molecule is C[C@@H]1[C@H]([C@H]2O[C@H](O[Si](C)(C)C(C)(C)C)C=CC2=O)[C@H]2CC=CC[C@@H]1O2. The Morgan fingerprint density at radius 2 is 1.76 bits per heavy atom. The maximum absolute atomic E-state index is 12.6. The molecule has 3 heterocycles. The van der Waals surface area contributed by atoms with Crippen molar-refractivity contribution in [1.29, 1.82) is 0 Å². The molecule has 3 rings (SSSR count). The van der Waals surface area contributed by atoms with Crippen LogP contribution in [0.1, 0.15) is 40.5 Å². The summed E-state index contributed by atoms with van der Waals surface area (Å²) in [6, 6.07) is 0. The van der Waals surface area contributed by atoms with Crippen molar-refractivity contribution in [3.63, 3.8) is 0 Å². The van der Waals surface area contributed by atoms with Gasteiger partial charge in [0, 0.05) is 5.92 Å². The summed E-state index contributed by atoms with van der Waals surface area (Å²) in [5.41, 5.74) is 0. The van der Waals surface area contributed by atoms with E-state index in [1.54, 1.807) is 12.2 Å². The predicted octanol–water partition coefficient (Wildman–Crippen LogP) is 4.23. The molecule has 1 fully saturated rings. The van der Waals surface area contributed by atoms with Crippen LogP contribution >= 0.6 is 0 Å². The molecule has 0 N–H and O–H groups in total. The Kier molecular flexibility index (Phi) is 5.15. The molecule has 2 bridgehead atoms. The summed E-state index contributed by atoms with van der Waals surface area (Å²) in [6.07, 6.45) is 8.95. The second kappa shape index (κ2) is 6.76. The van der Waals surface area contributed by atoms with Crippen LogP contribution in [0.15, 0.2) is 24.3 Å². The van der Waals surface area contributed by atoms with Crippen LogP contribution in [0.25, 0.3) is 0 Å². The fourth-order valence-corrected chi connectivity index (χ4v) is 4.85. The van der Waals surface area contributed by atoms with Crippen LogP contribution in [-0.4, -0.2) is 38.7 Å². The number of rotatable bonds is 3. The largest absolute Gasteiger partial charge is 0.389 e. The van der Waals surface area contributed by atoms with Gasteiger partial charge in [-0.15, -0.1) is 0 Å². The summed E-state index contributed by atoms with van der Waals surface area (Å²) in [4.78, 5) is 12.6. The van der Waals surface area contributed by atoms with Crippen LogP contribution < -0.4 is 0 Å². The molecule has 3 aliphatic rings. The van der Waals surface area contributed by atoms with Gasteiger partial charge in [0.15, 0.2) is 20.4 Å². The molecular formula is C20H32O4Si. The Morgan fingerprint density at radius 1 is 1.12 bits per heavy atom. The highest BCUT2D eigenvalue weighted by Gasteiger charge is 2.50. The van der Waals surface area contributed by atoms with E-state index in [9.17, 15) is 4.79 Å². The summed E-state index contributed by atoms with van der Waals surface area (Å²) in [6.45, 7) is 13.2. The minimum absolute atomic E-state index is 0.0470. The predicted molar refractivity (Wildman–Crippen MR) is 101 cm³/mol. The first-order chi connectivity index (χ1) is 11.6. The molecule has 4 nitrogen and oxygen atoms in total. The van der Waals surface area contributed by atoms with E-state index in [4.69, 9.17) is 13.9 Å². The molecular weight excluding hydrogens is 332 g/mol. The lowest BCUT2D eigenvalue weighted by atomic mass is 9.79. The number of carbonyl (C=O) groups is 1. The Balaban J connectivity index is 1.76. The zero-order valence-electron chi connectivity index (χ0n) is 16.3. The van der Waals surface area contributed by atoms with Crippen molar-refractivity contribution < 1.29 is 18.7 Å². The van der Waals surface area contributed by atoms with E-state index in [-0.39, 0.29) is 28.9 Å². The molecule has 140 valence electrons. The van der Waals surface area contributed by atoms with Gasteiger partial charge in [0.05, 0.1) is 12.2 Å². The molecule has 0 aromatic rings. The fraction of sp³-hybridized carbons (Fsp3) is 0.750. The van der Waals surface area contributed by atoms with Gasteiger partial charge in [0.2, 0.25) is 0 Å². The number of fused-ring (bicyclic) bond motifs is 2. The van der Waals surface area contributed by atoms with Gasteiger partial charge in [-0.2, -0.15) is 0 Å². The number of carbonyl (C=O) groups excluding carboxylic acids is 1. The van der Waals surface area contributed by atoms with Gasteiger partial charge < -0.3 is 13.9 Å². The Hall–Kier alpha value is -0.753. The molecule has 0 aromatic carbocycles. The maximum atomic E-state index is 12.6. The minimum Gasteiger partial charge on any atom is -0.389 e. The zero-order valence-corrected chi connectivity index (χ0v) is 17.3. The van der Waals surface area contributed by atoms with Crippen LogP contribution in [0.4, 0.5) is 0 Å². The number of hydrogen-bond donors (Lipinski definition) is 0. The Bertz CT molecular complexity index is 575. The smallest absolute Gasteiger partial charge is 0.195 e. The van der Waals surface area contributed by atoms with Gasteiger partial charge in [-0.05, 0) is 49.0 Å². The molecule has 1 saturated heterocycles. The molecule has 25 heavy (non-hydrogen) atoms. The molecule has 5 heteroatoms. The summed E-state index contributed by atoms with van der Waals surface area (Å²) in [7, 11) is -1.96. The zero-order chi connectivity index (χ0) is 18.4. The summed E-state index contributed by atoms with van der Waals surface area (Å²) in [5.74, 6) is 0.451. The fourth-order valence-electron chi connectivity index (χ4n) is 3.78. The lowest BCUT2D eigenvalue weighted by Gasteiger charge is -2.41. The average molecular weight is 365 g/mol. The average Bonchev–Trinajstić information content (AvgIpc) is 2.68. The standard InChI is InChI=1S/C20H32O4Si/c1-13-15-9-7-8-10-16(22-15)18(13)19-14(21)11-12-17(23-19)24-25(5,6)20(2,3)4/h7-8,11-13,15-19H,9-10H2,1-6H3/t13-,15-,16+,17+,18-,19-/m0/s1. The molecule has 0 radical (unpaired) electrons. The first-order valence-electron chi connectivity index (χ1n) is 9.46. The van der Waals surface area contributed by atoms with Crippen LogP contribution in [0.5, 0.6) is 0 Å². The molecule has 0 saturated carbocycles. The molecule has 0 aliphatic carbocycles. The lowest BCUT2D eigenvalue weighted by Crippen LogP contribution is -2.49. The van der Waals surface area contributed by atoms with Crippen molar-refractivity contribution >= 4 is 14.1 Å². The summed E-state index contributed by atoms with van der Waals surface area (Å²) >= 11 is 0. The highest BCUT2D eigenvalue weighted by Crippen LogP contribution is 2.43. The molecule has 0 unspecified atom stereocenters. The van der Waals surface area contributed by atoms with Gasteiger partial charge in [0.25, 0.3) is 0 Å². The van der Waals surface area contributed by atoms with E-state index >= 15 is 0 Å². The van der Waals surface area contributed by atoms with Gasteiger partial charge in [-0.3, -0.25) is 4.79 Å². The second-order valence-electron chi connectivity index (χ2n) is 9.16. The Morgan fingerprint density at radius 3 is 2.40 bits per heavy atom. The maximum Gasteiger partial charge on any atom is 0.195 e. The van der Waals surface area contributed by atoms with Crippen molar-refractivity contribution in [1.82, 2.24) is 0 Å². The van der Waals surface area contributed by atoms with Crippen LogP contribution in [0.2, 0.25) is 18.1 Å². The van der Waals surface area contributed by atoms with Crippen molar-refractivity contribution in [3.8, 4) is 0 Å². The normalized spacial score (nSPS) is 38.9. The van der Waals surface area contributed by atoms with E-state index in [2.05, 4.69) is 52.9 Å². The topological polar surface area (TPSA) is 44.8 Å². The summed E-state index contributed by atoms with van der Waals surface area (Å²) < 4.78 is 18.8. The van der Waals surface area contributed by atoms with Crippen molar-refractivity contribution in [3.05, 3.63) is 24.3 Å². The molecule has 6 atom stereocenters.